The Morgan fingerprint density at radius 3 is 2.80 bits per heavy atom. The second kappa shape index (κ2) is 10.2. The molecule has 0 fully saturated rings. The molecule has 2 N–H and O–H groups in total. The molecule has 0 saturated heterocycles. The van der Waals surface area contributed by atoms with Crippen molar-refractivity contribution in [2.75, 3.05) is 26.8 Å². The number of nitrogens with one attached hydrogen (secondary N) is 2. The number of nitrogens with zero attached hydrogens (tertiary/aromatic N) is 2. The first-order valence-corrected chi connectivity index (χ1v) is 8.12. The van der Waals surface area contributed by atoms with Crippen LogP contribution in [0.2, 0.25) is 0 Å². The van der Waals surface area contributed by atoms with Gasteiger partial charge in [-0.3, -0.25) is 4.99 Å². The second-order valence-electron chi connectivity index (χ2n) is 5.11. The normalized spacial score (nSPS) is 11.2. The van der Waals surface area contributed by atoms with Gasteiger partial charge in [0.05, 0.1) is 6.61 Å². The number of hydrogen-bond acceptors (Lipinski definition) is 4. The number of rotatable bonds is 8. The summed E-state index contributed by atoms with van der Waals surface area (Å²) in [5.41, 5.74) is 0.972. The highest BCUT2D eigenvalue weighted by atomic mass is 19.1. The highest BCUT2D eigenvalue weighted by molar-refractivity contribution is 5.79. The molecule has 1 heterocycles. The molecule has 0 radical (unpaired) electrons. The fourth-order valence-electron chi connectivity index (χ4n) is 2.02. The van der Waals surface area contributed by atoms with Crippen LogP contribution in [0.4, 0.5) is 4.39 Å². The summed E-state index contributed by atoms with van der Waals surface area (Å²) >= 11 is 0. The van der Waals surface area contributed by atoms with Crippen LogP contribution in [0, 0.1) is 5.82 Å². The van der Waals surface area contributed by atoms with Gasteiger partial charge in [-0.15, -0.1) is 0 Å². The predicted octanol–water partition coefficient (Wildman–Crippen LogP) is 2.71. The van der Waals surface area contributed by atoms with Crippen LogP contribution >= 0.6 is 0 Å². The SMILES string of the molecule is CCOCCNC(=NC)NCc1ccc(Oc2cccc(F)c2)nc1. The van der Waals surface area contributed by atoms with Crippen LogP contribution in [0.5, 0.6) is 11.6 Å². The Bertz CT molecular complexity index is 677. The van der Waals surface area contributed by atoms with E-state index in [1.165, 1.54) is 12.1 Å². The first-order valence-electron chi connectivity index (χ1n) is 8.12. The molecule has 0 aliphatic carbocycles. The van der Waals surface area contributed by atoms with Gasteiger partial charge in [-0.2, -0.15) is 0 Å². The van der Waals surface area contributed by atoms with E-state index in [1.54, 1.807) is 31.4 Å². The number of ether oxygens (including phenoxy) is 2. The molecule has 0 spiro atoms. The van der Waals surface area contributed by atoms with Crippen LogP contribution in [0.3, 0.4) is 0 Å². The maximum Gasteiger partial charge on any atom is 0.219 e. The number of pyridine rings is 1. The van der Waals surface area contributed by atoms with E-state index in [2.05, 4.69) is 20.6 Å². The molecule has 6 nitrogen and oxygen atoms in total. The van der Waals surface area contributed by atoms with Gasteiger partial charge in [-0.25, -0.2) is 9.37 Å². The van der Waals surface area contributed by atoms with Gasteiger partial charge in [0, 0.05) is 45.1 Å². The zero-order chi connectivity index (χ0) is 17.9. The number of guanidine groups is 1. The summed E-state index contributed by atoms with van der Waals surface area (Å²) in [5.74, 6) is 1.17. The first-order chi connectivity index (χ1) is 12.2. The number of aromatic nitrogens is 1. The Labute approximate surface area is 147 Å². The molecule has 0 unspecified atom stereocenters. The maximum atomic E-state index is 13.1. The average molecular weight is 346 g/mol. The lowest BCUT2D eigenvalue weighted by molar-refractivity contribution is 0.152. The third-order valence-corrected chi connectivity index (χ3v) is 3.24. The molecule has 25 heavy (non-hydrogen) atoms. The zero-order valence-electron chi connectivity index (χ0n) is 14.5. The molecule has 0 bridgehead atoms. The van der Waals surface area contributed by atoms with Crippen molar-refractivity contribution in [2.45, 2.75) is 13.5 Å². The Morgan fingerprint density at radius 2 is 2.12 bits per heavy atom. The van der Waals surface area contributed by atoms with E-state index in [0.717, 1.165) is 5.56 Å². The molecule has 0 aliphatic rings. The van der Waals surface area contributed by atoms with Crippen LogP contribution in [0.15, 0.2) is 47.6 Å². The van der Waals surface area contributed by atoms with Gasteiger partial charge >= 0.3 is 0 Å². The van der Waals surface area contributed by atoms with Crippen molar-refractivity contribution in [1.29, 1.82) is 0 Å². The summed E-state index contributed by atoms with van der Waals surface area (Å²) in [6.45, 7) is 4.55. The standard InChI is InChI=1S/C18H23FN4O2/c1-3-24-10-9-21-18(20-2)23-13-14-7-8-17(22-12-14)25-16-6-4-5-15(19)11-16/h4-8,11-12H,3,9-10,13H2,1-2H3,(H2,20,21,23). The van der Waals surface area contributed by atoms with Crippen LogP contribution in [-0.4, -0.2) is 37.7 Å². The Morgan fingerprint density at radius 1 is 1.24 bits per heavy atom. The fraction of sp³-hybridized carbons (Fsp3) is 0.333. The van der Waals surface area contributed by atoms with Crippen LogP contribution < -0.4 is 15.4 Å². The van der Waals surface area contributed by atoms with Crippen LogP contribution in [0.25, 0.3) is 0 Å². The highest BCUT2D eigenvalue weighted by Gasteiger charge is 2.02. The van der Waals surface area contributed by atoms with Gasteiger partial charge < -0.3 is 20.1 Å². The molecule has 0 aliphatic heterocycles. The predicted molar refractivity (Wildman–Crippen MR) is 95.4 cm³/mol. The first kappa shape index (κ1) is 18.7. The van der Waals surface area contributed by atoms with Gasteiger partial charge in [-0.1, -0.05) is 12.1 Å². The molecule has 1 aromatic carbocycles. The summed E-state index contributed by atoms with van der Waals surface area (Å²) in [4.78, 5) is 8.37. The van der Waals surface area contributed by atoms with Crippen LogP contribution in [0.1, 0.15) is 12.5 Å². The Balaban J connectivity index is 1.81. The van der Waals surface area contributed by atoms with Crippen molar-refractivity contribution < 1.29 is 13.9 Å². The molecule has 0 amide bonds. The van der Waals surface area contributed by atoms with Crippen molar-refractivity contribution in [3.63, 3.8) is 0 Å². The molecule has 1 aromatic heterocycles. The molecule has 2 aromatic rings. The minimum absolute atomic E-state index is 0.346. The van der Waals surface area contributed by atoms with E-state index in [1.807, 2.05) is 13.0 Å². The van der Waals surface area contributed by atoms with Gasteiger partial charge in [0.1, 0.15) is 11.6 Å². The molecular weight excluding hydrogens is 323 g/mol. The van der Waals surface area contributed by atoms with Crippen molar-refractivity contribution in [1.82, 2.24) is 15.6 Å². The minimum atomic E-state index is -0.346. The largest absolute Gasteiger partial charge is 0.439 e. The zero-order valence-corrected chi connectivity index (χ0v) is 14.5. The van der Waals surface area contributed by atoms with E-state index in [9.17, 15) is 4.39 Å². The lowest BCUT2D eigenvalue weighted by atomic mass is 10.3. The molecule has 7 heteroatoms. The highest BCUT2D eigenvalue weighted by Crippen LogP contribution is 2.19. The van der Waals surface area contributed by atoms with Gasteiger partial charge in [0.15, 0.2) is 5.96 Å². The third kappa shape index (κ3) is 6.76. The van der Waals surface area contributed by atoms with E-state index in [4.69, 9.17) is 9.47 Å². The maximum absolute atomic E-state index is 13.1. The van der Waals surface area contributed by atoms with E-state index in [-0.39, 0.29) is 5.82 Å². The minimum Gasteiger partial charge on any atom is -0.439 e. The Kier molecular flexibility index (Phi) is 7.65. The number of aliphatic imine (C=N–C) groups is 1. The van der Waals surface area contributed by atoms with Gasteiger partial charge in [0.25, 0.3) is 0 Å². The van der Waals surface area contributed by atoms with Crippen molar-refractivity contribution in [3.05, 3.63) is 54.0 Å². The lowest BCUT2D eigenvalue weighted by Gasteiger charge is -2.12. The second-order valence-corrected chi connectivity index (χ2v) is 5.11. The smallest absolute Gasteiger partial charge is 0.219 e. The number of benzene rings is 1. The summed E-state index contributed by atoms with van der Waals surface area (Å²) < 4.78 is 23.9. The van der Waals surface area contributed by atoms with Gasteiger partial charge in [0.2, 0.25) is 5.88 Å². The summed E-state index contributed by atoms with van der Waals surface area (Å²) in [7, 11) is 1.71. The topological polar surface area (TPSA) is 67.8 Å². The quantitative estimate of drug-likeness (QED) is 0.437. The number of hydrogen-bond donors (Lipinski definition) is 2. The molecule has 0 saturated carbocycles. The summed E-state index contributed by atoms with van der Waals surface area (Å²) in [6.07, 6.45) is 1.70. The Hall–Kier alpha value is -2.67. The summed E-state index contributed by atoms with van der Waals surface area (Å²) in [5, 5.41) is 6.35. The van der Waals surface area contributed by atoms with E-state index in [0.29, 0.717) is 43.9 Å². The average Bonchev–Trinajstić information content (AvgIpc) is 2.62. The molecule has 134 valence electrons. The van der Waals surface area contributed by atoms with Crippen molar-refractivity contribution in [2.24, 2.45) is 4.99 Å². The molecular formula is C18H23FN4O2. The van der Waals surface area contributed by atoms with Crippen LogP contribution in [-0.2, 0) is 11.3 Å². The monoisotopic (exact) mass is 346 g/mol. The van der Waals surface area contributed by atoms with E-state index >= 15 is 0 Å². The van der Waals surface area contributed by atoms with E-state index < -0.39 is 0 Å². The number of halogens is 1. The fourth-order valence-corrected chi connectivity index (χ4v) is 2.02. The summed E-state index contributed by atoms with van der Waals surface area (Å²) in [6, 6.07) is 9.58. The molecule has 2 rings (SSSR count). The van der Waals surface area contributed by atoms with Crippen molar-refractivity contribution >= 4 is 5.96 Å². The van der Waals surface area contributed by atoms with Gasteiger partial charge in [-0.05, 0) is 24.6 Å². The third-order valence-electron chi connectivity index (χ3n) is 3.24. The molecule has 0 atom stereocenters. The van der Waals surface area contributed by atoms with Crippen molar-refractivity contribution in [3.8, 4) is 11.6 Å². The lowest BCUT2D eigenvalue weighted by Crippen LogP contribution is -2.38.